The standard InChI is InChI=1S/C11H16N2OSe3/c1-15-12(11(14)13(16-2)17-3)9-10-7-5-4-6-8-10/h4-8H,9H2,1-3H3. The molecular formula is C11H16N2OSe3. The Morgan fingerprint density at radius 1 is 1.06 bits per heavy atom. The van der Waals surface area contributed by atoms with Gasteiger partial charge >= 0.3 is 123 Å². The summed E-state index contributed by atoms with van der Waals surface area (Å²) in [5.74, 6) is 6.29. The fourth-order valence-electron chi connectivity index (χ4n) is 1.28. The van der Waals surface area contributed by atoms with E-state index in [0.717, 1.165) is 6.54 Å². The topological polar surface area (TPSA) is 23.6 Å². The predicted octanol–water partition coefficient (Wildman–Crippen LogP) is 1.91. The molecular weight excluding hydrogens is 413 g/mol. The van der Waals surface area contributed by atoms with E-state index >= 15 is 0 Å². The molecule has 0 heterocycles. The predicted molar refractivity (Wildman–Crippen MR) is 74.1 cm³/mol. The zero-order valence-corrected chi connectivity index (χ0v) is 15.3. The van der Waals surface area contributed by atoms with Crippen LogP contribution in [0.3, 0.4) is 0 Å². The van der Waals surface area contributed by atoms with Gasteiger partial charge in [-0.3, -0.25) is 0 Å². The van der Waals surface area contributed by atoms with E-state index in [0.29, 0.717) is 0 Å². The summed E-state index contributed by atoms with van der Waals surface area (Å²) in [5, 5.41) is 0. The molecule has 0 aliphatic heterocycles. The van der Waals surface area contributed by atoms with Crippen molar-refractivity contribution in [2.24, 2.45) is 0 Å². The van der Waals surface area contributed by atoms with E-state index in [2.05, 4.69) is 29.6 Å². The number of benzene rings is 1. The van der Waals surface area contributed by atoms with Crippen molar-refractivity contribution >= 4 is 51.6 Å². The van der Waals surface area contributed by atoms with Crippen LogP contribution >= 0.6 is 0 Å². The van der Waals surface area contributed by atoms with Crippen LogP contribution in [0.4, 0.5) is 4.79 Å². The van der Waals surface area contributed by atoms with Gasteiger partial charge in [0.25, 0.3) is 0 Å². The van der Waals surface area contributed by atoms with Crippen LogP contribution in [0.25, 0.3) is 0 Å². The summed E-state index contributed by atoms with van der Waals surface area (Å²) < 4.78 is 3.97. The number of nitrogens with zero attached hydrogens (tertiary/aromatic N) is 2. The Morgan fingerprint density at radius 2 is 1.65 bits per heavy atom. The normalized spacial score (nSPS) is 10.1. The minimum absolute atomic E-state index is 0.210. The Hall–Kier alpha value is 0.0484. The van der Waals surface area contributed by atoms with Crippen molar-refractivity contribution in [3.63, 3.8) is 0 Å². The average Bonchev–Trinajstić information content (AvgIpc) is 2.38. The molecule has 94 valence electrons. The summed E-state index contributed by atoms with van der Waals surface area (Å²) in [6, 6.07) is 10.4. The number of urea groups is 1. The molecule has 0 N–H and O–H groups in total. The summed E-state index contributed by atoms with van der Waals surface area (Å²) in [6.45, 7) is 0.735. The van der Waals surface area contributed by atoms with Crippen LogP contribution in [0, 0.1) is 0 Å². The van der Waals surface area contributed by atoms with Crippen LogP contribution < -0.4 is 0 Å². The second-order valence-electron chi connectivity index (χ2n) is 3.11. The Kier molecular flexibility index (Phi) is 7.29. The molecule has 3 nitrogen and oxygen atoms in total. The number of amides is 2. The second kappa shape index (κ2) is 8.20. The summed E-state index contributed by atoms with van der Waals surface area (Å²) in [4.78, 5) is 12.2. The van der Waals surface area contributed by atoms with E-state index in [1.165, 1.54) is 5.56 Å². The Bertz CT molecular complexity index is 344. The Morgan fingerprint density at radius 3 is 2.12 bits per heavy atom. The molecule has 1 aromatic carbocycles. The Balaban J connectivity index is 2.68. The van der Waals surface area contributed by atoms with E-state index in [-0.39, 0.29) is 51.6 Å². The minimum atomic E-state index is 0.210. The third-order valence-corrected chi connectivity index (χ3v) is 8.91. The molecule has 0 saturated carbocycles. The molecule has 17 heavy (non-hydrogen) atoms. The molecule has 0 spiro atoms. The van der Waals surface area contributed by atoms with Crippen molar-refractivity contribution < 1.29 is 4.79 Å². The van der Waals surface area contributed by atoms with E-state index in [1.54, 1.807) is 0 Å². The molecule has 2 amide bonds. The van der Waals surface area contributed by atoms with Crippen LogP contribution in [-0.2, 0) is 6.54 Å². The average molecular weight is 429 g/mol. The van der Waals surface area contributed by atoms with Gasteiger partial charge in [0, 0.05) is 0 Å². The van der Waals surface area contributed by atoms with Crippen LogP contribution in [0.5, 0.6) is 0 Å². The fourth-order valence-corrected chi connectivity index (χ4v) is 5.89. The number of carbonyl (C=O) groups is 1. The molecule has 0 fully saturated rings. The van der Waals surface area contributed by atoms with Crippen LogP contribution in [0.2, 0.25) is 17.5 Å². The zero-order valence-electron chi connectivity index (χ0n) is 10.1. The van der Waals surface area contributed by atoms with Gasteiger partial charge in [0.2, 0.25) is 0 Å². The van der Waals surface area contributed by atoms with Gasteiger partial charge in [0.1, 0.15) is 0 Å². The van der Waals surface area contributed by atoms with E-state index in [9.17, 15) is 4.79 Å². The van der Waals surface area contributed by atoms with E-state index in [1.807, 2.05) is 25.0 Å². The van der Waals surface area contributed by atoms with Gasteiger partial charge in [-0.2, -0.15) is 0 Å². The molecule has 0 radical (unpaired) electrons. The summed E-state index contributed by atoms with van der Waals surface area (Å²) in [5.41, 5.74) is 1.21. The Labute approximate surface area is 122 Å². The maximum atomic E-state index is 12.2. The zero-order chi connectivity index (χ0) is 12.7. The molecule has 0 aliphatic rings. The second-order valence-corrected chi connectivity index (χ2v) is 9.04. The SMILES string of the molecule is C[Se]N(Cc1ccccc1)C(=O)N([Se]C)[Se]C. The third-order valence-electron chi connectivity index (χ3n) is 2.09. The van der Waals surface area contributed by atoms with Crippen molar-refractivity contribution in [2.45, 2.75) is 24.0 Å². The number of carbonyl (C=O) groups excluding carboxylic acids is 1. The van der Waals surface area contributed by atoms with Gasteiger partial charge < -0.3 is 0 Å². The number of rotatable bonds is 5. The number of hydrogen-bond donors (Lipinski definition) is 0. The van der Waals surface area contributed by atoms with Crippen molar-refractivity contribution in [2.75, 3.05) is 0 Å². The van der Waals surface area contributed by atoms with E-state index < -0.39 is 0 Å². The molecule has 0 unspecified atom stereocenters. The van der Waals surface area contributed by atoms with Gasteiger partial charge in [0.15, 0.2) is 0 Å². The molecule has 1 aromatic rings. The van der Waals surface area contributed by atoms with Crippen molar-refractivity contribution in [1.29, 1.82) is 0 Å². The van der Waals surface area contributed by atoms with Crippen LogP contribution in [0.15, 0.2) is 30.3 Å². The fraction of sp³-hybridized carbons (Fsp3) is 0.364. The molecule has 0 aromatic heterocycles. The van der Waals surface area contributed by atoms with Crippen molar-refractivity contribution in [1.82, 2.24) is 6.85 Å². The first kappa shape index (κ1) is 15.1. The van der Waals surface area contributed by atoms with E-state index in [4.69, 9.17) is 0 Å². The molecule has 0 bridgehead atoms. The van der Waals surface area contributed by atoms with Gasteiger partial charge in [-0.05, 0) is 0 Å². The van der Waals surface area contributed by atoms with Gasteiger partial charge in [0.05, 0.1) is 0 Å². The van der Waals surface area contributed by atoms with Crippen LogP contribution in [-0.4, -0.2) is 58.4 Å². The molecule has 0 atom stereocenters. The molecule has 6 heteroatoms. The third kappa shape index (κ3) is 4.67. The first-order valence-corrected chi connectivity index (χ1v) is 12.4. The van der Waals surface area contributed by atoms with Gasteiger partial charge in [-0.1, -0.05) is 0 Å². The quantitative estimate of drug-likeness (QED) is 0.657. The van der Waals surface area contributed by atoms with Crippen molar-refractivity contribution in [3.8, 4) is 0 Å². The van der Waals surface area contributed by atoms with Crippen molar-refractivity contribution in [3.05, 3.63) is 35.9 Å². The molecule has 1 rings (SSSR count). The van der Waals surface area contributed by atoms with Crippen LogP contribution in [0.1, 0.15) is 5.56 Å². The first-order chi connectivity index (χ1) is 8.22. The monoisotopic (exact) mass is 432 g/mol. The maximum absolute atomic E-state index is 12.2. The first-order valence-electron chi connectivity index (χ1n) is 5.00. The summed E-state index contributed by atoms with van der Waals surface area (Å²) >= 11 is 0.750. The molecule has 0 saturated heterocycles. The number of hydrogen-bond acceptors (Lipinski definition) is 1. The van der Waals surface area contributed by atoms with Gasteiger partial charge in [-0.15, -0.1) is 0 Å². The summed E-state index contributed by atoms with van der Waals surface area (Å²) in [6.07, 6.45) is 0. The molecule has 0 aliphatic carbocycles. The van der Waals surface area contributed by atoms with Gasteiger partial charge in [-0.25, -0.2) is 0 Å². The summed E-state index contributed by atoms with van der Waals surface area (Å²) in [7, 11) is 0.